The molecular weight excluding hydrogens is 170 g/mol. The summed E-state index contributed by atoms with van der Waals surface area (Å²) in [5.41, 5.74) is 5.64. The van der Waals surface area contributed by atoms with Crippen LogP contribution in [-0.2, 0) is 5.54 Å². The molecule has 0 unspecified atom stereocenters. The van der Waals surface area contributed by atoms with E-state index in [9.17, 15) is 0 Å². The second-order valence-electron chi connectivity index (χ2n) is 3.30. The summed E-state index contributed by atoms with van der Waals surface area (Å²) < 4.78 is 0. The summed E-state index contributed by atoms with van der Waals surface area (Å²) in [7, 11) is 0. The molecule has 0 aliphatic heterocycles. The van der Waals surface area contributed by atoms with E-state index in [-0.39, 0.29) is 12.1 Å². The Labute approximate surface area is 77.0 Å². The fourth-order valence-electron chi connectivity index (χ4n) is 1.10. The van der Waals surface area contributed by atoms with Crippen LogP contribution in [0, 0.1) is 6.92 Å². The topological polar surface area (TPSA) is 46.2 Å². The van der Waals surface area contributed by atoms with Crippen molar-refractivity contribution in [2.75, 3.05) is 6.61 Å². The van der Waals surface area contributed by atoms with Gasteiger partial charge in [-0.15, -0.1) is 11.3 Å². The van der Waals surface area contributed by atoms with Crippen LogP contribution in [0.3, 0.4) is 0 Å². The van der Waals surface area contributed by atoms with Crippen molar-refractivity contribution in [3.63, 3.8) is 0 Å². The zero-order valence-corrected chi connectivity index (χ0v) is 8.32. The minimum Gasteiger partial charge on any atom is -0.396 e. The van der Waals surface area contributed by atoms with Crippen LogP contribution in [0.5, 0.6) is 0 Å². The Hall–Kier alpha value is -0.380. The number of thiophene rings is 1. The van der Waals surface area contributed by atoms with E-state index in [4.69, 9.17) is 10.8 Å². The molecule has 0 bridgehead atoms. The third-order valence-corrected chi connectivity index (χ3v) is 3.21. The van der Waals surface area contributed by atoms with Gasteiger partial charge in [0.25, 0.3) is 0 Å². The van der Waals surface area contributed by atoms with Gasteiger partial charge >= 0.3 is 0 Å². The van der Waals surface area contributed by atoms with Gasteiger partial charge < -0.3 is 10.8 Å². The summed E-state index contributed by atoms with van der Waals surface area (Å²) >= 11 is 1.70. The molecule has 1 heterocycles. The highest BCUT2D eigenvalue weighted by molar-refractivity contribution is 7.12. The first kappa shape index (κ1) is 9.71. The van der Waals surface area contributed by atoms with Crippen molar-refractivity contribution in [2.24, 2.45) is 5.73 Å². The average molecular weight is 185 g/mol. The maximum Gasteiger partial charge on any atom is 0.0497 e. The lowest BCUT2D eigenvalue weighted by molar-refractivity contribution is 0.249. The van der Waals surface area contributed by atoms with Crippen LogP contribution in [-0.4, -0.2) is 11.7 Å². The Kier molecular flexibility index (Phi) is 2.88. The predicted octanol–water partition coefficient (Wildman–Crippen LogP) is 1.61. The minimum absolute atomic E-state index is 0.143. The third-order valence-electron chi connectivity index (χ3n) is 1.93. The number of hydrogen-bond donors (Lipinski definition) is 2. The summed E-state index contributed by atoms with van der Waals surface area (Å²) in [6, 6.07) is 4.10. The van der Waals surface area contributed by atoms with Crippen molar-refractivity contribution < 1.29 is 5.11 Å². The Morgan fingerprint density at radius 3 is 2.67 bits per heavy atom. The van der Waals surface area contributed by atoms with E-state index >= 15 is 0 Å². The van der Waals surface area contributed by atoms with Gasteiger partial charge in [-0.25, -0.2) is 0 Å². The Morgan fingerprint density at radius 2 is 2.25 bits per heavy atom. The number of aliphatic hydroxyl groups is 1. The molecule has 0 aliphatic carbocycles. The highest BCUT2D eigenvalue weighted by Gasteiger charge is 2.21. The zero-order valence-electron chi connectivity index (χ0n) is 7.50. The average Bonchev–Trinajstić information content (AvgIpc) is 2.36. The van der Waals surface area contributed by atoms with Crippen LogP contribution in [0.2, 0.25) is 0 Å². The molecule has 68 valence electrons. The van der Waals surface area contributed by atoms with Crippen molar-refractivity contribution >= 4 is 11.3 Å². The highest BCUT2D eigenvalue weighted by atomic mass is 32.1. The molecule has 0 fully saturated rings. The van der Waals surface area contributed by atoms with E-state index in [2.05, 4.69) is 13.0 Å². The third kappa shape index (κ3) is 2.06. The lowest BCUT2D eigenvalue weighted by Crippen LogP contribution is -2.32. The van der Waals surface area contributed by atoms with Gasteiger partial charge in [-0.05, 0) is 32.4 Å². The standard InChI is InChI=1S/C9H15NOS/c1-7-3-4-8(12-7)9(2,10)5-6-11/h3-4,11H,5-6,10H2,1-2H3/t9-/m1/s1. The molecule has 0 spiro atoms. The summed E-state index contributed by atoms with van der Waals surface area (Å²) in [6.07, 6.45) is 0.618. The molecule has 1 aromatic rings. The molecule has 0 saturated carbocycles. The molecular formula is C9H15NOS. The molecule has 0 aliphatic rings. The Bertz CT molecular complexity index is 255. The number of rotatable bonds is 3. The molecule has 0 saturated heterocycles. The smallest absolute Gasteiger partial charge is 0.0497 e. The largest absolute Gasteiger partial charge is 0.396 e. The van der Waals surface area contributed by atoms with E-state index in [0.29, 0.717) is 6.42 Å². The fraction of sp³-hybridized carbons (Fsp3) is 0.556. The second-order valence-corrected chi connectivity index (χ2v) is 4.59. The molecule has 3 N–H and O–H groups in total. The maximum atomic E-state index is 8.79. The van der Waals surface area contributed by atoms with Crippen LogP contribution in [0.25, 0.3) is 0 Å². The molecule has 0 aromatic carbocycles. The van der Waals surface area contributed by atoms with Gasteiger partial charge in [0, 0.05) is 21.9 Å². The molecule has 1 rings (SSSR count). The Morgan fingerprint density at radius 1 is 1.58 bits per heavy atom. The van der Waals surface area contributed by atoms with Crippen LogP contribution < -0.4 is 5.73 Å². The van der Waals surface area contributed by atoms with Gasteiger partial charge in [-0.1, -0.05) is 0 Å². The van der Waals surface area contributed by atoms with E-state index < -0.39 is 0 Å². The minimum atomic E-state index is -0.367. The summed E-state index contributed by atoms with van der Waals surface area (Å²) in [6.45, 7) is 4.15. The fourth-order valence-corrected chi connectivity index (χ4v) is 2.05. The van der Waals surface area contributed by atoms with Crippen LogP contribution >= 0.6 is 11.3 Å². The van der Waals surface area contributed by atoms with Crippen molar-refractivity contribution in [3.05, 3.63) is 21.9 Å². The van der Waals surface area contributed by atoms with E-state index in [1.54, 1.807) is 11.3 Å². The first-order valence-electron chi connectivity index (χ1n) is 4.03. The van der Waals surface area contributed by atoms with Crippen molar-refractivity contribution in [1.29, 1.82) is 0 Å². The number of hydrogen-bond acceptors (Lipinski definition) is 3. The Balaban J connectivity index is 2.81. The van der Waals surface area contributed by atoms with Crippen molar-refractivity contribution in [2.45, 2.75) is 25.8 Å². The van der Waals surface area contributed by atoms with Crippen molar-refractivity contribution in [3.8, 4) is 0 Å². The van der Waals surface area contributed by atoms with Gasteiger partial charge in [0.2, 0.25) is 0 Å². The lowest BCUT2D eigenvalue weighted by Gasteiger charge is -2.21. The van der Waals surface area contributed by atoms with Gasteiger partial charge in [0.15, 0.2) is 0 Å². The summed E-state index contributed by atoms with van der Waals surface area (Å²) in [4.78, 5) is 2.41. The van der Waals surface area contributed by atoms with E-state index in [1.807, 2.05) is 13.0 Å². The summed E-state index contributed by atoms with van der Waals surface area (Å²) in [5, 5.41) is 8.79. The zero-order chi connectivity index (χ0) is 9.19. The lowest BCUT2D eigenvalue weighted by atomic mass is 9.98. The molecule has 12 heavy (non-hydrogen) atoms. The molecule has 1 atom stereocenters. The first-order valence-corrected chi connectivity index (χ1v) is 4.84. The molecule has 3 heteroatoms. The van der Waals surface area contributed by atoms with Gasteiger partial charge in [0.1, 0.15) is 0 Å². The van der Waals surface area contributed by atoms with Gasteiger partial charge in [0.05, 0.1) is 0 Å². The molecule has 1 aromatic heterocycles. The van der Waals surface area contributed by atoms with E-state index in [0.717, 1.165) is 4.88 Å². The molecule has 2 nitrogen and oxygen atoms in total. The quantitative estimate of drug-likeness (QED) is 0.751. The number of aliphatic hydroxyl groups excluding tert-OH is 1. The summed E-state index contributed by atoms with van der Waals surface area (Å²) in [5.74, 6) is 0. The number of nitrogens with two attached hydrogens (primary N) is 1. The van der Waals surface area contributed by atoms with Crippen molar-refractivity contribution in [1.82, 2.24) is 0 Å². The second kappa shape index (κ2) is 3.56. The molecule has 0 radical (unpaired) electrons. The first-order chi connectivity index (χ1) is 5.56. The van der Waals surface area contributed by atoms with Crippen LogP contribution in [0.4, 0.5) is 0 Å². The highest BCUT2D eigenvalue weighted by Crippen LogP contribution is 2.27. The molecule has 0 amide bonds. The normalized spacial score (nSPS) is 16.0. The maximum absolute atomic E-state index is 8.79. The van der Waals surface area contributed by atoms with Gasteiger partial charge in [-0.3, -0.25) is 0 Å². The van der Waals surface area contributed by atoms with Gasteiger partial charge in [-0.2, -0.15) is 0 Å². The predicted molar refractivity (Wildman–Crippen MR) is 52.3 cm³/mol. The van der Waals surface area contributed by atoms with Crippen LogP contribution in [0.15, 0.2) is 12.1 Å². The SMILES string of the molecule is Cc1ccc([C@](C)(N)CCO)s1. The van der Waals surface area contributed by atoms with E-state index in [1.165, 1.54) is 4.88 Å². The monoisotopic (exact) mass is 185 g/mol. The van der Waals surface area contributed by atoms with Crippen LogP contribution in [0.1, 0.15) is 23.1 Å². The number of aryl methyl sites for hydroxylation is 1.